The van der Waals surface area contributed by atoms with Gasteiger partial charge in [-0.05, 0) is 68.5 Å². The molecule has 32 heavy (non-hydrogen) atoms. The number of hydrogen-bond acceptors (Lipinski definition) is 6. The number of piperidine rings is 1. The van der Waals surface area contributed by atoms with Crippen LogP contribution in [-0.2, 0) is 11.0 Å². The van der Waals surface area contributed by atoms with E-state index in [2.05, 4.69) is 32.8 Å². The maximum atomic E-state index is 12.2. The number of nitrogens with one attached hydrogen (secondary N) is 1. The second-order valence-electron chi connectivity index (χ2n) is 7.73. The lowest BCUT2D eigenvalue weighted by molar-refractivity contribution is 0.164. The zero-order valence-corrected chi connectivity index (χ0v) is 19.9. The van der Waals surface area contributed by atoms with Gasteiger partial charge in [0, 0.05) is 43.1 Å². The van der Waals surface area contributed by atoms with Gasteiger partial charge in [-0.25, -0.2) is 13.5 Å². The summed E-state index contributed by atoms with van der Waals surface area (Å²) >= 11 is 1.56. The fourth-order valence-electron chi connectivity index (χ4n) is 3.59. The Labute approximate surface area is 196 Å². The van der Waals surface area contributed by atoms with Crippen molar-refractivity contribution in [1.29, 1.82) is 0 Å². The predicted octanol–water partition coefficient (Wildman–Crippen LogP) is 4.83. The van der Waals surface area contributed by atoms with Gasteiger partial charge in [-0.2, -0.15) is 0 Å². The molecule has 8 heteroatoms. The number of ether oxygens (including phenoxy) is 1. The highest BCUT2D eigenvalue weighted by atomic mass is 32.2. The van der Waals surface area contributed by atoms with E-state index in [-0.39, 0.29) is 6.10 Å². The van der Waals surface area contributed by atoms with Gasteiger partial charge in [-0.15, -0.1) is 0 Å². The molecule has 2 heterocycles. The van der Waals surface area contributed by atoms with Crippen LogP contribution in [0.3, 0.4) is 0 Å². The van der Waals surface area contributed by atoms with Crippen LogP contribution in [0.5, 0.6) is 5.88 Å². The number of aromatic nitrogens is 1. The molecule has 0 aliphatic carbocycles. The first kappa shape index (κ1) is 22.6. The first-order valence-electron chi connectivity index (χ1n) is 10.6. The molecule has 1 N–H and O–H groups in total. The molecule has 168 valence electrons. The van der Waals surface area contributed by atoms with Gasteiger partial charge >= 0.3 is 0 Å². The van der Waals surface area contributed by atoms with Gasteiger partial charge in [0.15, 0.2) is 0 Å². The molecule has 1 aromatic heterocycles. The lowest BCUT2D eigenvalue weighted by Gasteiger charge is -2.34. The molecule has 0 saturated carbocycles. The standard InChI is InChI=1S/C24H28N4O2S2/c1-27(2)32(29)21-12-10-20(11-13-21)31-26-22-7-3-4-8-23(22)28-17-14-19(15-18-28)30-24-9-5-6-16-25-24/h3-13,16,19,26H,14-15,17-18H2,1-2H3. The summed E-state index contributed by atoms with van der Waals surface area (Å²) in [4.78, 5) is 8.55. The lowest BCUT2D eigenvalue weighted by Crippen LogP contribution is -2.38. The number of anilines is 2. The van der Waals surface area contributed by atoms with Crippen LogP contribution in [0.15, 0.2) is 82.7 Å². The minimum absolute atomic E-state index is 0.196. The van der Waals surface area contributed by atoms with Gasteiger partial charge in [0.05, 0.1) is 16.3 Å². The second-order valence-corrected chi connectivity index (χ2v) is 10.3. The Balaban J connectivity index is 1.35. The topological polar surface area (TPSA) is 57.7 Å². The van der Waals surface area contributed by atoms with Gasteiger partial charge in [-0.1, -0.05) is 18.2 Å². The Morgan fingerprint density at radius 1 is 1.03 bits per heavy atom. The zero-order chi connectivity index (χ0) is 22.3. The fraction of sp³-hybridized carbons (Fsp3) is 0.292. The molecule has 1 saturated heterocycles. The van der Waals surface area contributed by atoms with Crippen LogP contribution in [0, 0.1) is 0 Å². The van der Waals surface area contributed by atoms with Crippen LogP contribution in [0.4, 0.5) is 11.4 Å². The van der Waals surface area contributed by atoms with Gasteiger partial charge in [0.2, 0.25) is 5.88 Å². The number of pyridine rings is 1. The minimum Gasteiger partial charge on any atom is -0.474 e. The summed E-state index contributed by atoms with van der Waals surface area (Å²) in [6.45, 7) is 1.87. The molecular formula is C24H28N4O2S2. The van der Waals surface area contributed by atoms with Crippen molar-refractivity contribution in [3.05, 3.63) is 72.9 Å². The van der Waals surface area contributed by atoms with E-state index in [4.69, 9.17) is 4.74 Å². The summed E-state index contributed by atoms with van der Waals surface area (Å²) < 4.78 is 23.4. The van der Waals surface area contributed by atoms with Crippen molar-refractivity contribution < 1.29 is 8.95 Å². The van der Waals surface area contributed by atoms with Crippen molar-refractivity contribution in [2.45, 2.75) is 28.7 Å². The normalized spacial score (nSPS) is 15.5. The third-order valence-corrected chi connectivity index (χ3v) is 7.42. The van der Waals surface area contributed by atoms with E-state index in [9.17, 15) is 4.21 Å². The molecule has 0 radical (unpaired) electrons. The van der Waals surface area contributed by atoms with Crippen molar-refractivity contribution in [3.8, 4) is 5.88 Å². The zero-order valence-electron chi connectivity index (χ0n) is 18.3. The predicted molar refractivity (Wildman–Crippen MR) is 133 cm³/mol. The molecule has 0 amide bonds. The van der Waals surface area contributed by atoms with Crippen molar-refractivity contribution in [2.75, 3.05) is 36.8 Å². The summed E-state index contributed by atoms with van der Waals surface area (Å²) in [5.41, 5.74) is 2.28. The largest absolute Gasteiger partial charge is 0.474 e. The van der Waals surface area contributed by atoms with E-state index < -0.39 is 11.0 Å². The SMILES string of the molecule is CN(C)S(=O)c1ccc(SNc2ccccc2N2CCC(Oc3ccccn3)CC2)cc1. The first-order chi connectivity index (χ1) is 15.6. The van der Waals surface area contributed by atoms with Crippen molar-refractivity contribution in [1.82, 2.24) is 9.29 Å². The van der Waals surface area contributed by atoms with Crippen LogP contribution in [0.2, 0.25) is 0 Å². The molecule has 6 nitrogen and oxygen atoms in total. The van der Waals surface area contributed by atoms with Crippen molar-refractivity contribution in [3.63, 3.8) is 0 Å². The van der Waals surface area contributed by atoms with Gasteiger partial charge in [-0.3, -0.25) is 0 Å². The Hall–Kier alpha value is -2.55. The highest BCUT2D eigenvalue weighted by Crippen LogP contribution is 2.32. The van der Waals surface area contributed by atoms with Crippen molar-refractivity contribution >= 4 is 34.3 Å². The Bertz CT molecular complexity index is 1020. The molecule has 2 aromatic carbocycles. The van der Waals surface area contributed by atoms with E-state index in [1.807, 2.05) is 62.6 Å². The van der Waals surface area contributed by atoms with Crippen LogP contribution >= 0.6 is 11.9 Å². The van der Waals surface area contributed by atoms with E-state index in [0.29, 0.717) is 5.88 Å². The maximum Gasteiger partial charge on any atom is 0.213 e. The van der Waals surface area contributed by atoms with Crippen LogP contribution in [0.1, 0.15) is 12.8 Å². The minimum atomic E-state index is -1.12. The molecule has 0 spiro atoms. The Morgan fingerprint density at radius 3 is 2.44 bits per heavy atom. The summed E-state index contributed by atoms with van der Waals surface area (Å²) in [6, 6.07) is 22.0. The number of para-hydroxylation sites is 2. The molecule has 1 aliphatic heterocycles. The third-order valence-electron chi connectivity index (χ3n) is 5.25. The van der Waals surface area contributed by atoms with Gasteiger partial charge in [0.25, 0.3) is 0 Å². The molecule has 4 rings (SSSR count). The van der Waals surface area contributed by atoms with E-state index in [1.165, 1.54) is 5.69 Å². The van der Waals surface area contributed by atoms with E-state index in [0.717, 1.165) is 41.4 Å². The highest BCUT2D eigenvalue weighted by molar-refractivity contribution is 8.00. The Kier molecular flexibility index (Phi) is 7.68. The first-order valence-corrected chi connectivity index (χ1v) is 12.6. The van der Waals surface area contributed by atoms with E-state index >= 15 is 0 Å². The summed E-state index contributed by atoms with van der Waals surface area (Å²) in [5.74, 6) is 0.699. The Morgan fingerprint density at radius 2 is 1.75 bits per heavy atom. The quantitative estimate of drug-likeness (QED) is 0.478. The number of benzene rings is 2. The van der Waals surface area contributed by atoms with Gasteiger partial charge in [0.1, 0.15) is 17.1 Å². The summed E-state index contributed by atoms with van der Waals surface area (Å²) in [5, 5.41) is 0. The smallest absolute Gasteiger partial charge is 0.213 e. The van der Waals surface area contributed by atoms with Crippen LogP contribution in [-0.4, -0.2) is 46.8 Å². The van der Waals surface area contributed by atoms with Crippen LogP contribution in [0.25, 0.3) is 0 Å². The summed E-state index contributed by atoms with van der Waals surface area (Å²) in [7, 11) is 2.50. The third kappa shape index (κ3) is 5.82. The monoisotopic (exact) mass is 468 g/mol. The van der Waals surface area contributed by atoms with Crippen molar-refractivity contribution in [2.24, 2.45) is 0 Å². The number of nitrogens with zero attached hydrogens (tertiary/aromatic N) is 3. The fourth-order valence-corrected chi connectivity index (χ4v) is 5.05. The highest BCUT2D eigenvalue weighted by Gasteiger charge is 2.22. The molecule has 1 unspecified atom stereocenters. The average Bonchev–Trinajstić information content (AvgIpc) is 2.84. The number of hydrogen-bond donors (Lipinski definition) is 1. The molecule has 0 bridgehead atoms. The average molecular weight is 469 g/mol. The molecular weight excluding hydrogens is 440 g/mol. The van der Waals surface area contributed by atoms with Crippen LogP contribution < -0.4 is 14.4 Å². The molecule has 1 aliphatic rings. The lowest BCUT2D eigenvalue weighted by atomic mass is 10.1. The molecule has 1 atom stereocenters. The molecule has 1 fully saturated rings. The van der Waals surface area contributed by atoms with Gasteiger partial charge < -0.3 is 14.4 Å². The second kappa shape index (κ2) is 10.8. The molecule has 3 aromatic rings. The van der Waals surface area contributed by atoms with E-state index in [1.54, 1.807) is 22.4 Å². The maximum absolute atomic E-state index is 12.2. The summed E-state index contributed by atoms with van der Waals surface area (Å²) in [6.07, 6.45) is 3.88. The number of rotatable bonds is 8.